The first-order chi connectivity index (χ1) is 10.6. The minimum Gasteiger partial charge on any atom is -1.00 e. The van der Waals surface area contributed by atoms with Crippen LogP contribution < -0.4 is 33.5 Å². The van der Waals surface area contributed by atoms with Gasteiger partial charge >= 0.3 is 0 Å². The van der Waals surface area contributed by atoms with Crippen molar-refractivity contribution in [2.75, 3.05) is 53.1 Å². The lowest BCUT2D eigenvalue weighted by Gasteiger charge is -2.37. The Balaban J connectivity index is 0.00000192. The van der Waals surface area contributed by atoms with Gasteiger partial charge in [0.25, 0.3) is 0 Å². The van der Waals surface area contributed by atoms with E-state index in [-0.39, 0.29) is 29.8 Å². The lowest BCUT2D eigenvalue weighted by atomic mass is 9.99. The highest BCUT2D eigenvalue weighted by Gasteiger charge is 2.30. The number of ether oxygens (including phenoxy) is 3. The van der Waals surface area contributed by atoms with Crippen LogP contribution in [0.5, 0.6) is 11.5 Å². The number of nitrogens with zero attached hydrogens (tertiary/aromatic N) is 1. The summed E-state index contributed by atoms with van der Waals surface area (Å²) in [5, 5.41) is 0. The molecule has 3 rings (SSSR count). The molecule has 0 aliphatic carbocycles. The van der Waals surface area contributed by atoms with Crippen LogP contribution in [0, 0.1) is 0 Å². The van der Waals surface area contributed by atoms with Gasteiger partial charge in [-0.2, -0.15) is 0 Å². The Morgan fingerprint density at radius 2 is 1.70 bits per heavy atom. The number of benzene rings is 1. The molecule has 5 nitrogen and oxygen atoms in total. The van der Waals surface area contributed by atoms with Crippen LogP contribution in [0.15, 0.2) is 12.1 Å². The third-order valence-electron chi connectivity index (χ3n) is 4.53. The molecule has 1 saturated heterocycles. The number of fused-ring (bicyclic) bond motifs is 1. The maximum atomic E-state index is 12.8. The van der Waals surface area contributed by atoms with Crippen molar-refractivity contribution in [3.63, 3.8) is 0 Å². The lowest BCUT2D eigenvalue weighted by molar-refractivity contribution is -0.908. The maximum absolute atomic E-state index is 12.8. The fourth-order valence-electron chi connectivity index (χ4n) is 3.06. The summed E-state index contributed by atoms with van der Waals surface area (Å²) in [6, 6.07) is 3.82. The highest BCUT2D eigenvalue weighted by Crippen LogP contribution is 2.34. The molecule has 2 aliphatic rings. The third-order valence-corrected chi connectivity index (χ3v) is 4.53. The van der Waals surface area contributed by atoms with E-state index in [4.69, 9.17) is 14.2 Å². The molecule has 2 heterocycles. The molecule has 0 saturated carbocycles. The monoisotopic (exact) mass is 433 g/mol. The standard InChI is InChI=1S/C17H24NO4.HI/c1-3-13-10-16-17(22-9-8-21-16)11-14(13)15(19)12-18(2)4-6-20-7-5-18;/h10-11H,3-9,12H2,1-2H3;1H/q+1;/p-1. The number of hydrogen-bond acceptors (Lipinski definition) is 4. The van der Waals surface area contributed by atoms with E-state index in [9.17, 15) is 4.79 Å². The second-order valence-electron chi connectivity index (χ2n) is 6.27. The summed E-state index contributed by atoms with van der Waals surface area (Å²) < 4.78 is 17.4. The number of rotatable bonds is 4. The van der Waals surface area contributed by atoms with Crippen molar-refractivity contribution in [1.29, 1.82) is 0 Å². The first-order valence-corrected chi connectivity index (χ1v) is 7.98. The molecule has 0 aromatic heterocycles. The highest BCUT2D eigenvalue weighted by atomic mass is 127. The first kappa shape index (κ1) is 18.5. The summed E-state index contributed by atoms with van der Waals surface area (Å²) in [6.45, 7) is 6.91. The minimum atomic E-state index is 0. The van der Waals surface area contributed by atoms with Crippen molar-refractivity contribution in [2.24, 2.45) is 0 Å². The van der Waals surface area contributed by atoms with Crippen molar-refractivity contribution >= 4 is 5.78 Å². The Kier molecular flexibility index (Phi) is 6.27. The fraction of sp³-hybridized carbons (Fsp3) is 0.588. The van der Waals surface area contributed by atoms with E-state index in [0.717, 1.165) is 54.1 Å². The van der Waals surface area contributed by atoms with Crippen molar-refractivity contribution < 1.29 is 47.5 Å². The van der Waals surface area contributed by atoms with Gasteiger partial charge in [0.15, 0.2) is 11.5 Å². The molecule has 2 aliphatic heterocycles. The maximum Gasteiger partial charge on any atom is 0.217 e. The molecule has 0 atom stereocenters. The number of carbonyl (C=O) groups excluding carboxylic acids is 1. The molecule has 0 amide bonds. The van der Waals surface area contributed by atoms with Gasteiger partial charge in [0.2, 0.25) is 5.78 Å². The number of quaternary nitrogens is 1. The van der Waals surface area contributed by atoms with Gasteiger partial charge < -0.3 is 42.7 Å². The average molecular weight is 433 g/mol. The number of halogens is 1. The Labute approximate surface area is 154 Å². The van der Waals surface area contributed by atoms with Gasteiger partial charge in [-0.05, 0) is 24.1 Å². The van der Waals surface area contributed by atoms with Crippen LogP contribution in [-0.2, 0) is 11.2 Å². The molecule has 1 aromatic rings. The van der Waals surface area contributed by atoms with E-state index in [2.05, 4.69) is 14.0 Å². The van der Waals surface area contributed by atoms with Crippen molar-refractivity contribution in [2.45, 2.75) is 13.3 Å². The zero-order valence-electron chi connectivity index (χ0n) is 13.8. The highest BCUT2D eigenvalue weighted by molar-refractivity contribution is 5.99. The average Bonchev–Trinajstić information content (AvgIpc) is 2.53. The second kappa shape index (κ2) is 7.81. The van der Waals surface area contributed by atoms with E-state index in [1.54, 1.807) is 0 Å². The Morgan fingerprint density at radius 1 is 1.09 bits per heavy atom. The number of carbonyl (C=O) groups is 1. The number of aryl methyl sites for hydroxylation is 1. The lowest BCUT2D eigenvalue weighted by Crippen LogP contribution is -3.00. The number of morpholine rings is 1. The van der Waals surface area contributed by atoms with Crippen LogP contribution in [0.3, 0.4) is 0 Å². The Bertz CT molecular complexity index is 570. The van der Waals surface area contributed by atoms with E-state index in [1.165, 1.54) is 0 Å². The third kappa shape index (κ3) is 4.16. The Morgan fingerprint density at radius 3 is 2.30 bits per heavy atom. The van der Waals surface area contributed by atoms with Crippen LogP contribution in [0.2, 0.25) is 0 Å². The predicted octanol–water partition coefficient (Wildman–Crippen LogP) is -1.32. The van der Waals surface area contributed by atoms with Crippen LogP contribution in [0.25, 0.3) is 0 Å². The first-order valence-electron chi connectivity index (χ1n) is 7.98. The molecule has 1 aromatic carbocycles. The number of Topliss-reactive ketones (excluding diaryl/α,β-unsaturated/α-hetero) is 1. The van der Waals surface area contributed by atoms with Gasteiger partial charge in [-0.15, -0.1) is 0 Å². The van der Waals surface area contributed by atoms with Crippen molar-refractivity contribution in [3.8, 4) is 11.5 Å². The molecule has 0 radical (unpaired) electrons. The second-order valence-corrected chi connectivity index (χ2v) is 6.27. The molecular weight excluding hydrogens is 409 g/mol. The molecule has 128 valence electrons. The summed E-state index contributed by atoms with van der Waals surface area (Å²) in [5.41, 5.74) is 1.81. The zero-order chi connectivity index (χ0) is 15.6. The molecule has 0 unspecified atom stereocenters. The summed E-state index contributed by atoms with van der Waals surface area (Å²) in [4.78, 5) is 12.8. The zero-order valence-corrected chi connectivity index (χ0v) is 15.9. The largest absolute Gasteiger partial charge is 1.00 e. The summed E-state index contributed by atoms with van der Waals surface area (Å²) in [5.74, 6) is 1.63. The number of likely N-dealkylation sites (N-methyl/N-ethyl adjacent to an activating group) is 1. The molecule has 23 heavy (non-hydrogen) atoms. The van der Waals surface area contributed by atoms with Gasteiger partial charge in [0.05, 0.1) is 20.3 Å². The normalized spacial score (nSPS) is 18.9. The quantitative estimate of drug-likeness (QED) is 0.336. The van der Waals surface area contributed by atoms with Gasteiger partial charge in [0, 0.05) is 5.56 Å². The SMILES string of the molecule is CCc1cc2c(cc1C(=O)C[N+]1(C)CCOCC1)OCCO2.[I-]. The van der Waals surface area contributed by atoms with E-state index < -0.39 is 0 Å². The summed E-state index contributed by atoms with van der Waals surface area (Å²) in [7, 11) is 2.13. The molecule has 0 bridgehead atoms. The number of hydrogen-bond donors (Lipinski definition) is 0. The van der Waals surface area contributed by atoms with Gasteiger partial charge in [0.1, 0.15) is 32.8 Å². The summed E-state index contributed by atoms with van der Waals surface area (Å²) >= 11 is 0. The molecule has 0 spiro atoms. The molecule has 1 fully saturated rings. The topological polar surface area (TPSA) is 44.8 Å². The predicted molar refractivity (Wildman–Crippen MR) is 82.7 cm³/mol. The molecule has 6 heteroatoms. The van der Waals surface area contributed by atoms with E-state index >= 15 is 0 Å². The fourth-order valence-corrected chi connectivity index (χ4v) is 3.06. The van der Waals surface area contributed by atoms with Crippen LogP contribution in [-0.4, -0.2) is 63.4 Å². The van der Waals surface area contributed by atoms with E-state index in [0.29, 0.717) is 25.5 Å². The van der Waals surface area contributed by atoms with Crippen molar-refractivity contribution in [3.05, 3.63) is 23.3 Å². The van der Waals surface area contributed by atoms with Crippen LogP contribution in [0.4, 0.5) is 0 Å². The number of ketones is 1. The molecule has 0 N–H and O–H groups in total. The smallest absolute Gasteiger partial charge is 0.217 e. The Hall–Kier alpha value is -0.860. The van der Waals surface area contributed by atoms with Crippen LogP contribution >= 0.6 is 0 Å². The summed E-state index contributed by atoms with van der Waals surface area (Å²) in [6.07, 6.45) is 0.810. The van der Waals surface area contributed by atoms with Gasteiger partial charge in [-0.1, -0.05) is 6.92 Å². The van der Waals surface area contributed by atoms with E-state index in [1.807, 2.05) is 12.1 Å². The van der Waals surface area contributed by atoms with Crippen LogP contribution in [0.1, 0.15) is 22.8 Å². The molecular formula is C17H24INO4. The minimum absolute atomic E-state index is 0. The van der Waals surface area contributed by atoms with Crippen molar-refractivity contribution in [1.82, 2.24) is 0 Å². The van der Waals surface area contributed by atoms with Gasteiger partial charge in [-0.25, -0.2) is 0 Å². The van der Waals surface area contributed by atoms with Gasteiger partial charge in [-0.3, -0.25) is 4.79 Å².